The lowest BCUT2D eigenvalue weighted by molar-refractivity contribution is -0.127. The molecule has 1 aromatic carbocycles. The minimum absolute atomic E-state index is 0.0823. The third-order valence-electron chi connectivity index (χ3n) is 5.13. The second-order valence-electron chi connectivity index (χ2n) is 7.19. The van der Waals surface area contributed by atoms with Crippen molar-refractivity contribution < 1.29 is 9.59 Å². The number of carbonyl (C=O) groups excluding carboxylic acids is 2. The molecule has 1 saturated carbocycles. The predicted octanol–water partition coefficient (Wildman–Crippen LogP) is 4.93. The van der Waals surface area contributed by atoms with Gasteiger partial charge in [-0.1, -0.05) is 57.5 Å². The van der Waals surface area contributed by atoms with Gasteiger partial charge in [0, 0.05) is 24.3 Å². The molecule has 0 heterocycles. The first-order valence-corrected chi connectivity index (χ1v) is 8.60. The quantitative estimate of drug-likeness (QED) is 0.698. The molecule has 1 aromatic rings. The van der Waals surface area contributed by atoms with Gasteiger partial charge in [-0.3, -0.25) is 9.59 Å². The van der Waals surface area contributed by atoms with E-state index in [1.165, 1.54) is 6.42 Å². The molecule has 0 N–H and O–H groups in total. The van der Waals surface area contributed by atoms with Crippen molar-refractivity contribution in [2.45, 2.75) is 52.9 Å². The third-order valence-corrected chi connectivity index (χ3v) is 5.13. The normalized spacial score (nSPS) is 25.2. The Kier molecular flexibility index (Phi) is 5.93. The number of carbonyl (C=O) groups is 2. The van der Waals surface area contributed by atoms with Crippen LogP contribution in [0.5, 0.6) is 0 Å². The summed E-state index contributed by atoms with van der Waals surface area (Å²) in [6.07, 6.45) is 4.13. The van der Waals surface area contributed by atoms with E-state index >= 15 is 0 Å². The van der Waals surface area contributed by atoms with E-state index in [0.29, 0.717) is 41.9 Å². The fraction of sp³-hybridized carbons (Fsp3) is 0.600. The Hall–Kier alpha value is -1.44. The smallest absolute Gasteiger partial charge is 0.163 e. The van der Waals surface area contributed by atoms with Crippen LogP contribution in [0.3, 0.4) is 0 Å². The Bertz CT molecular complexity index is 504. The van der Waals surface area contributed by atoms with Gasteiger partial charge >= 0.3 is 0 Å². The molecule has 0 radical (unpaired) electrons. The van der Waals surface area contributed by atoms with Crippen LogP contribution in [0.2, 0.25) is 0 Å². The first kappa shape index (κ1) is 16.9. The van der Waals surface area contributed by atoms with Crippen molar-refractivity contribution >= 4 is 11.6 Å². The summed E-state index contributed by atoms with van der Waals surface area (Å²) in [5.74, 6) is 2.22. The molecule has 0 bridgehead atoms. The van der Waals surface area contributed by atoms with Crippen molar-refractivity contribution in [3.05, 3.63) is 35.9 Å². The summed E-state index contributed by atoms with van der Waals surface area (Å²) < 4.78 is 0. The van der Waals surface area contributed by atoms with E-state index in [4.69, 9.17) is 0 Å². The fourth-order valence-corrected chi connectivity index (χ4v) is 3.76. The van der Waals surface area contributed by atoms with Crippen molar-refractivity contribution in [1.29, 1.82) is 0 Å². The first-order valence-electron chi connectivity index (χ1n) is 8.60. The van der Waals surface area contributed by atoms with Gasteiger partial charge in [0.25, 0.3) is 0 Å². The molecule has 22 heavy (non-hydrogen) atoms. The lowest BCUT2D eigenvalue weighted by Crippen LogP contribution is -2.33. The minimum atomic E-state index is 0.0823. The number of benzene rings is 1. The summed E-state index contributed by atoms with van der Waals surface area (Å²) in [5.41, 5.74) is 0.715. The van der Waals surface area contributed by atoms with E-state index in [2.05, 4.69) is 20.8 Å². The number of Topliss-reactive ketones (excluding diaryl/α,β-unsaturated/α-hetero) is 2. The summed E-state index contributed by atoms with van der Waals surface area (Å²) in [5, 5.41) is 0. The molecule has 1 aliphatic carbocycles. The highest BCUT2D eigenvalue weighted by atomic mass is 16.1. The van der Waals surface area contributed by atoms with Gasteiger partial charge in [-0.15, -0.1) is 0 Å². The summed E-state index contributed by atoms with van der Waals surface area (Å²) in [7, 11) is 0. The molecule has 0 spiro atoms. The highest BCUT2D eigenvalue weighted by Crippen LogP contribution is 2.39. The van der Waals surface area contributed by atoms with Gasteiger partial charge in [-0.25, -0.2) is 0 Å². The van der Waals surface area contributed by atoms with Gasteiger partial charge < -0.3 is 0 Å². The van der Waals surface area contributed by atoms with Crippen LogP contribution in [0.4, 0.5) is 0 Å². The molecule has 2 heteroatoms. The van der Waals surface area contributed by atoms with Crippen LogP contribution in [0, 0.1) is 23.7 Å². The molecule has 1 fully saturated rings. The van der Waals surface area contributed by atoms with Gasteiger partial charge in [0.2, 0.25) is 0 Å². The van der Waals surface area contributed by atoms with Crippen LogP contribution in [0.25, 0.3) is 0 Å². The Labute approximate surface area is 134 Å². The molecule has 0 saturated heterocycles. The maximum atomic E-state index is 12.6. The Morgan fingerprint density at radius 1 is 1.09 bits per heavy atom. The lowest BCUT2D eigenvalue weighted by Gasteiger charge is -2.36. The van der Waals surface area contributed by atoms with E-state index in [1.54, 1.807) is 0 Å². The minimum Gasteiger partial charge on any atom is -0.299 e. The van der Waals surface area contributed by atoms with Gasteiger partial charge in [-0.05, 0) is 30.6 Å². The predicted molar refractivity (Wildman–Crippen MR) is 89.8 cm³/mol. The molecule has 1 aliphatic rings. The second kappa shape index (κ2) is 7.71. The molecular weight excluding hydrogens is 272 g/mol. The fourth-order valence-electron chi connectivity index (χ4n) is 3.76. The zero-order valence-corrected chi connectivity index (χ0v) is 14.0. The molecular formula is C20H28O2. The monoisotopic (exact) mass is 300 g/mol. The molecule has 3 atom stereocenters. The van der Waals surface area contributed by atoms with E-state index in [0.717, 1.165) is 12.8 Å². The zero-order chi connectivity index (χ0) is 16.1. The zero-order valence-electron chi connectivity index (χ0n) is 14.0. The molecule has 0 unspecified atom stereocenters. The second-order valence-corrected chi connectivity index (χ2v) is 7.19. The summed E-state index contributed by atoms with van der Waals surface area (Å²) in [4.78, 5) is 24.8. The third kappa shape index (κ3) is 4.28. The van der Waals surface area contributed by atoms with Crippen molar-refractivity contribution in [1.82, 2.24) is 0 Å². The van der Waals surface area contributed by atoms with Gasteiger partial charge in [0.1, 0.15) is 5.78 Å². The van der Waals surface area contributed by atoms with E-state index in [9.17, 15) is 9.59 Å². The van der Waals surface area contributed by atoms with Crippen LogP contribution >= 0.6 is 0 Å². The Morgan fingerprint density at radius 2 is 1.77 bits per heavy atom. The van der Waals surface area contributed by atoms with Crippen LogP contribution in [0.1, 0.15) is 63.2 Å². The molecule has 2 nitrogen and oxygen atoms in total. The number of hydrogen-bond donors (Lipinski definition) is 0. The topological polar surface area (TPSA) is 34.1 Å². The molecule has 0 aliphatic heterocycles. The number of hydrogen-bond acceptors (Lipinski definition) is 2. The number of ketones is 2. The highest BCUT2D eigenvalue weighted by Gasteiger charge is 2.34. The Balaban J connectivity index is 1.94. The molecule has 0 aromatic heterocycles. The Morgan fingerprint density at radius 3 is 2.41 bits per heavy atom. The average Bonchev–Trinajstić information content (AvgIpc) is 2.52. The maximum Gasteiger partial charge on any atom is 0.163 e. The summed E-state index contributed by atoms with van der Waals surface area (Å²) in [6.45, 7) is 6.68. The standard InChI is InChI=1S/C20H28O2/c1-14(2)17-10-9-15(3)13-18(17)20(22)12-11-19(21)16-7-5-4-6-8-16/h4-8,14-15,17-18H,9-13H2,1-3H3/t15-,17+,18-/m1/s1. The summed E-state index contributed by atoms with van der Waals surface area (Å²) >= 11 is 0. The van der Waals surface area contributed by atoms with Gasteiger partial charge in [0.15, 0.2) is 5.78 Å². The van der Waals surface area contributed by atoms with Crippen molar-refractivity contribution in [3.8, 4) is 0 Å². The van der Waals surface area contributed by atoms with Gasteiger partial charge in [0.05, 0.1) is 0 Å². The van der Waals surface area contributed by atoms with Crippen molar-refractivity contribution in [2.75, 3.05) is 0 Å². The van der Waals surface area contributed by atoms with Crippen LogP contribution < -0.4 is 0 Å². The summed E-state index contributed by atoms with van der Waals surface area (Å²) in [6, 6.07) is 9.29. The van der Waals surface area contributed by atoms with E-state index in [-0.39, 0.29) is 11.7 Å². The van der Waals surface area contributed by atoms with E-state index < -0.39 is 0 Å². The molecule has 120 valence electrons. The first-order chi connectivity index (χ1) is 10.5. The van der Waals surface area contributed by atoms with Crippen LogP contribution in [-0.4, -0.2) is 11.6 Å². The lowest BCUT2D eigenvalue weighted by atomic mass is 9.68. The van der Waals surface area contributed by atoms with Crippen molar-refractivity contribution in [3.63, 3.8) is 0 Å². The van der Waals surface area contributed by atoms with Crippen LogP contribution in [0.15, 0.2) is 30.3 Å². The molecule has 0 amide bonds. The van der Waals surface area contributed by atoms with Gasteiger partial charge in [-0.2, -0.15) is 0 Å². The largest absolute Gasteiger partial charge is 0.299 e. The van der Waals surface area contributed by atoms with Crippen LogP contribution in [-0.2, 0) is 4.79 Å². The molecule has 2 rings (SSSR count). The SMILES string of the molecule is CC(C)[C@@H]1CC[C@@H](C)C[C@H]1C(=O)CCC(=O)c1ccccc1. The maximum absolute atomic E-state index is 12.6. The van der Waals surface area contributed by atoms with Crippen molar-refractivity contribution in [2.24, 2.45) is 23.7 Å². The average molecular weight is 300 g/mol. The highest BCUT2D eigenvalue weighted by molar-refractivity contribution is 5.98. The number of rotatable bonds is 6. The van der Waals surface area contributed by atoms with E-state index in [1.807, 2.05) is 30.3 Å².